The maximum absolute atomic E-state index is 12.1. The molecule has 7 heteroatoms. The summed E-state index contributed by atoms with van der Waals surface area (Å²) in [6, 6.07) is 4.00. The van der Waals surface area contributed by atoms with E-state index in [2.05, 4.69) is 10.3 Å². The molecule has 106 valence electrons. The number of hydrogen-bond acceptors (Lipinski definition) is 4. The van der Waals surface area contributed by atoms with Gasteiger partial charge in [-0.15, -0.1) is 0 Å². The molecule has 0 spiro atoms. The Bertz CT molecular complexity index is 664. The van der Waals surface area contributed by atoms with Crippen molar-refractivity contribution in [3.05, 3.63) is 51.6 Å². The van der Waals surface area contributed by atoms with E-state index in [1.165, 1.54) is 16.9 Å². The number of aromatic nitrogens is 2. The first-order chi connectivity index (χ1) is 9.49. The summed E-state index contributed by atoms with van der Waals surface area (Å²) >= 11 is 5.70. The van der Waals surface area contributed by atoms with Crippen molar-refractivity contribution in [1.29, 1.82) is 0 Å². The van der Waals surface area contributed by atoms with Crippen LogP contribution in [0.15, 0.2) is 33.7 Å². The topological polar surface area (TPSA) is 77.1 Å². The summed E-state index contributed by atoms with van der Waals surface area (Å²) in [5, 5.41) is 2.82. The predicted molar refractivity (Wildman–Crippen MR) is 73.5 cm³/mol. The molecule has 2 rings (SSSR count). The fraction of sp³-hybridized carbons (Fsp3) is 0.308. The number of aryl methyl sites for hydroxylation is 1. The minimum absolute atomic E-state index is 0.118. The van der Waals surface area contributed by atoms with Crippen LogP contribution >= 0.6 is 11.6 Å². The zero-order chi connectivity index (χ0) is 14.7. The van der Waals surface area contributed by atoms with Gasteiger partial charge in [-0.25, -0.2) is 4.98 Å². The van der Waals surface area contributed by atoms with Crippen LogP contribution in [0.3, 0.4) is 0 Å². The molecule has 2 aromatic heterocycles. The third kappa shape index (κ3) is 3.08. The first-order valence-electron chi connectivity index (χ1n) is 6.05. The molecule has 6 nitrogen and oxygen atoms in total. The van der Waals surface area contributed by atoms with Crippen LogP contribution < -0.4 is 10.9 Å². The van der Waals surface area contributed by atoms with Gasteiger partial charge in [0.05, 0.1) is 12.8 Å². The van der Waals surface area contributed by atoms with E-state index in [-0.39, 0.29) is 23.2 Å². The number of halogens is 1. The molecule has 0 radical (unpaired) electrons. The van der Waals surface area contributed by atoms with Crippen LogP contribution in [0.1, 0.15) is 24.6 Å². The molecule has 0 aliphatic carbocycles. The summed E-state index contributed by atoms with van der Waals surface area (Å²) in [5.74, 6) is 0.739. The minimum atomic E-state index is -0.678. The summed E-state index contributed by atoms with van der Waals surface area (Å²) in [6.45, 7) is 3.52. The van der Waals surface area contributed by atoms with Gasteiger partial charge in [0.25, 0.3) is 5.56 Å². The number of nitrogens with one attached hydrogen (secondary N) is 1. The second-order valence-electron chi connectivity index (χ2n) is 4.31. The second kappa shape index (κ2) is 5.92. The molecule has 0 fully saturated rings. The van der Waals surface area contributed by atoms with E-state index in [9.17, 15) is 9.59 Å². The number of amides is 1. The highest BCUT2D eigenvalue weighted by Gasteiger charge is 2.18. The van der Waals surface area contributed by atoms with Gasteiger partial charge < -0.3 is 9.73 Å². The normalized spacial score (nSPS) is 12.2. The summed E-state index contributed by atoms with van der Waals surface area (Å²) < 4.78 is 6.41. The lowest BCUT2D eigenvalue weighted by Gasteiger charge is -2.16. The van der Waals surface area contributed by atoms with Gasteiger partial charge in [0.2, 0.25) is 5.91 Å². The number of hydrogen-bond donors (Lipinski definition) is 1. The van der Waals surface area contributed by atoms with E-state index in [4.69, 9.17) is 16.0 Å². The van der Waals surface area contributed by atoms with Gasteiger partial charge in [-0.1, -0.05) is 11.6 Å². The van der Waals surface area contributed by atoms with Gasteiger partial charge in [0, 0.05) is 6.07 Å². The second-order valence-corrected chi connectivity index (χ2v) is 4.69. The molecule has 0 aliphatic heterocycles. The quantitative estimate of drug-likeness (QED) is 0.871. The van der Waals surface area contributed by atoms with E-state index in [0.29, 0.717) is 11.6 Å². The molecule has 2 aromatic rings. The van der Waals surface area contributed by atoms with Crippen molar-refractivity contribution < 1.29 is 9.21 Å². The summed E-state index contributed by atoms with van der Waals surface area (Å²) in [5.41, 5.74) is -0.358. The average Bonchev–Trinajstić information content (AvgIpc) is 2.87. The average molecular weight is 296 g/mol. The number of carbonyl (C=O) groups excluding carboxylic acids is 1. The Hall–Kier alpha value is -2.08. The minimum Gasteiger partial charge on any atom is -0.467 e. The van der Waals surface area contributed by atoms with Gasteiger partial charge in [-0.05, 0) is 26.0 Å². The summed E-state index contributed by atoms with van der Waals surface area (Å²) in [7, 11) is 0. The first-order valence-corrected chi connectivity index (χ1v) is 6.42. The Morgan fingerprint density at radius 1 is 1.60 bits per heavy atom. The highest BCUT2D eigenvalue weighted by atomic mass is 35.5. The molecule has 1 N–H and O–H groups in total. The lowest BCUT2D eigenvalue weighted by Crippen LogP contribution is -2.36. The Balaban J connectivity index is 2.13. The van der Waals surface area contributed by atoms with Crippen molar-refractivity contribution in [2.45, 2.75) is 26.4 Å². The molecule has 1 unspecified atom stereocenters. The predicted octanol–water partition coefficient (Wildman–Crippen LogP) is 1.68. The number of rotatable bonds is 4. The number of furan rings is 1. The Kier molecular flexibility index (Phi) is 4.24. The lowest BCUT2D eigenvalue weighted by atomic mass is 10.3. The monoisotopic (exact) mass is 295 g/mol. The Morgan fingerprint density at radius 2 is 2.35 bits per heavy atom. The van der Waals surface area contributed by atoms with Crippen LogP contribution in [-0.4, -0.2) is 15.5 Å². The molecule has 1 atom stereocenters. The summed E-state index contributed by atoms with van der Waals surface area (Å²) in [4.78, 5) is 27.9. The zero-order valence-electron chi connectivity index (χ0n) is 11.1. The zero-order valence-corrected chi connectivity index (χ0v) is 11.8. The van der Waals surface area contributed by atoms with Crippen molar-refractivity contribution in [3.8, 4) is 0 Å². The molecular formula is C13H14ClN3O3. The maximum atomic E-state index is 12.1. The maximum Gasteiger partial charge on any atom is 0.255 e. The van der Waals surface area contributed by atoms with Crippen LogP contribution in [0.2, 0.25) is 5.15 Å². The number of carbonyl (C=O) groups is 1. The van der Waals surface area contributed by atoms with Crippen molar-refractivity contribution >= 4 is 17.5 Å². The first kappa shape index (κ1) is 14.3. The fourth-order valence-corrected chi connectivity index (χ4v) is 2.11. The molecule has 20 heavy (non-hydrogen) atoms. The van der Waals surface area contributed by atoms with E-state index >= 15 is 0 Å². The van der Waals surface area contributed by atoms with Crippen molar-refractivity contribution in [3.63, 3.8) is 0 Å². The summed E-state index contributed by atoms with van der Waals surface area (Å²) in [6.07, 6.45) is 1.53. The van der Waals surface area contributed by atoms with Gasteiger partial charge in [0.1, 0.15) is 22.8 Å². The van der Waals surface area contributed by atoms with Gasteiger partial charge in [-0.2, -0.15) is 0 Å². The van der Waals surface area contributed by atoms with Crippen molar-refractivity contribution in [2.24, 2.45) is 0 Å². The molecule has 0 aliphatic rings. The van der Waals surface area contributed by atoms with E-state index in [0.717, 1.165) is 0 Å². The van der Waals surface area contributed by atoms with E-state index < -0.39 is 6.04 Å². The van der Waals surface area contributed by atoms with Crippen LogP contribution in [-0.2, 0) is 11.3 Å². The van der Waals surface area contributed by atoms with E-state index in [1.54, 1.807) is 26.0 Å². The van der Waals surface area contributed by atoms with Gasteiger partial charge >= 0.3 is 0 Å². The Labute approximate surface area is 120 Å². The van der Waals surface area contributed by atoms with E-state index in [1.807, 2.05) is 0 Å². The number of nitrogens with zero attached hydrogens (tertiary/aromatic N) is 2. The molecule has 2 heterocycles. The smallest absolute Gasteiger partial charge is 0.255 e. The van der Waals surface area contributed by atoms with Crippen LogP contribution in [0.25, 0.3) is 0 Å². The molecule has 0 bridgehead atoms. The van der Waals surface area contributed by atoms with Crippen molar-refractivity contribution in [2.75, 3.05) is 0 Å². The molecule has 1 amide bonds. The Morgan fingerprint density at radius 3 is 2.95 bits per heavy atom. The van der Waals surface area contributed by atoms with Gasteiger partial charge in [0.15, 0.2) is 0 Å². The SMILES string of the molecule is Cc1nc(Cl)cc(=O)n1C(C)C(=O)NCc1ccco1. The highest BCUT2D eigenvalue weighted by molar-refractivity contribution is 6.29. The van der Waals surface area contributed by atoms with Gasteiger partial charge in [-0.3, -0.25) is 14.2 Å². The standard InChI is InChI=1S/C13H14ClN3O3/c1-8(13(19)15-7-10-4-3-5-20-10)17-9(2)16-11(14)6-12(17)18/h3-6,8H,7H2,1-2H3,(H,15,19). The molecular weight excluding hydrogens is 282 g/mol. The molecule has 0 saturated heterocycles. The van der Waals surface area contributed by atoms with Crippen LogP contribution in [0.5, 0.6) is 0 Å². The third-order valence-electron chi connectivity index (χ3n) is 2.88. The molecule has 0 aromatic carbocycles. The van der Waals surface area contributed by atoms with Crippen LogP contribution in [0, 0.1) is 6.92 Å². The molecule has 0 saturated carbocycles. The highest BCUT2D eigenvalue weighted by Crippen LogP contribution is 2.09. The van der Waals surface area contributed by atoms with Crippen LogP contribution in [0.4, 0.5) is 0 Å². The lowest BCUT2D eigenvalue weighted by molar-refractivity contribution is -0.124. The third-order valence-corrected chi connectivity index (χ3v) is 3.07. The fourth-order valence-electron chi connectivity index (χ4n) is 1.90. The van der Waals surface area contributed by atoms with Crippen molar-refractivity contribution in [1.82, 2.24) is 14.9 Å². The largest absolute Gasteiger partial charge is 0.467 e.